The normalized spacial score (nSPS) is 11.1. The number of rotatable bonds is 7. The average Bonchev–Trinajstić information content (AvgIpc) is 2.75. The lowest BCUT2D eigenvalue weighted by molar-refractivity contribution is 0.474. The first kappa shape index (κ1) is 22.5. The number of benzene rings is 2. The van der Waals surface area contributed by atoms with Gasteiger partial charge in [0.05, 0.1) is 11.9 Å². The van der Waals surface area contributed by atoms with Crippen molar-refractivity contribution in [1.29, 1.82) is 5.26 Å². The fourth-order valence-electron chi connectivity index (χ4n) is 2.54. The number of hydrogen-bond donors (Lipinski definition) is 2. The van der Waals surface area contributed by atoms with Crippen LogP contribution in [0.2, 0.25) is 5.02 Å². The Morgan fingerprint density at radius 1 is 1.26 bits per heavy atom. The number of nitriles is 1. The van der Waals surface area contributed by atoms with E-state index in [9.17, 15) is 14.8 Å². The highest BCUT2D eigenvalue weighted by Gasteiger charge is 2.17. The Balaban J connectivity index is 2.00. The molecule has 0 amide bonds. The highest BCUT2D eigenvalue weighted by Crippen LogP contribution is 2.30. The monoisotopic (exact) mass is 455 g/mol. The van der Waals surface area contributed by atoms with Gasteiger partial charge in [0.1, 0.15) is 23.2 Å². The minimum absolute atomic E-state index is 0.0123. The third kappa shape index (κ3) is 5.94. The number of nitrogens with one attached hydrogen (secondary N) is 1. The Kier molecular flexibility index (Phi) is 7.45. The van der Waals surface area contributed by atoms with Crippen molar-refractivity contribution in [2.45, 2.75) is 19.0 Å². The second kappa shape index (κ2) is 10.2. The average molecular weight is 456 g/mol. The predicted octanol–water partition coefficient (Wildman–Crippen LogP) is 5.71. The molecule has 1 heterocycles. The highest BCUT2D eigenvalue weighted by atomic mass is 35.5. The Morgan fingerprint density at radius 3 is 2.68 bits per heavy atom. The SMILES string of the molecule is CC(C)CSc1nc(N/N=C/c2cc(Cl)ccc2O)c(C#N)c(-c2ccc(F)cc2)n1. The number of phenols is 1. The van der Waals surface area contributed by atoms with Crippen LogP contribution in [0.5, 0.6) is 5.75 Å². The zero-order valence-corrected chi connectivity index (χ0v) is 18.4. The summed E-state index contributed by atoms with van der Waals surface area (Å²) in [4.78, 5) is 8.96. The molecule has 3 rings (SSSR count). The van der Waals surface area contributed by atoms with Crippen LogP contribution in [0.3, 0.4) is 0 Å². The molecule has 6 nitrogen and oxygen atoms in total. The van der Waals surface area contributed by atoms with Crippen molar-refractivity contribution in [3.63, 3.8) is 0 Å². The number of hydrogen-bond acceptors (Lipinski definition) is 7. The first-order valence-corrected chi connectivity index (χ1v) is 10.7. The van der Waals surface area contributed by atoms with Crippen LogP contribution >= 0.6 is 23.4 Å². The Morgan fingerprint density at radius 2 is 2.00 bits per heavy atom. The summed E-state index contributed by atoms with van der Waals surface area (Å²) in [5, 5.41) is 24.7. The van der Waals surface area contributed by atoms with Gasteiger partial charge in [-0.2, -0.15) is 10.4 Å². The second-order valence-corrected chi connectivity index (χ2v) is 8.40. The topological polar surface area (TPSA) is 94.2 Å². The van der Waals surface area contributed by atoms with E-state index in [-0.39, 0.29) is 22.9 Å². The first-order chi connectivity index (χ1) is 14.9. The summed E-state index contributed by atoms with van der Waals surface area (Å²) in [5.41, 5.74) is 4.31. The van der Waals surface area contributed by atoms with Crippen molar-refractivity contribution in [2.75, 3.05) is 11.2 Å². The number of halogens is 2. The fraction of sp³-hybridized carbons (Fsp3) is 0.182. The summed E-state index contributed by atoms with van der Waals surface area (Å²) >= 11 is 7.41. The predicted molar refractivity (Wildman–Crippen MR) is 122 cm³/mol. The molecule has 0 aliphatic rings. The number of anilines is 1. The third-order valence-electron chi connectivity index (χ3n) is 4.03. The summed E-state index contributed by atoms with van der Waals surface area (Å²) in [6.45, 7) is 4.16. The van der Waals surface area contributed by atoms with Gasteiger partial charge in [-0.1, -0.05) is 37.2 Å². The molecular formula is C22H19ClFN5OS. The smallest absolute Gasteiger partial charge is 0.190 e. The molecule has 0 atom stereocenters. The number of thioether (sulfide) groups is 1. The molecule has 0 radical (unpaired) electrons. The molecule has 1 aromatic heterocycles. The van der Waals surface area contributed by atoms with Crippen molar-refractivity contribution in [3.8, 4) is 23.1 Å². The molecule has 9 heteroatoms. The van der Waals surface area contributed by atoms with Gasteiger partial charge in [0, 0.05) is 21.9 Å². The second-order valence-electron chi connectivity index (χ2n) is 6.98. The van der Waals surface area contributed by atoms with Gasteiger partial charge in [0.25, 0.3) is 0 Å². The fourth-order valence-corrected chi connectivity index (χ4v) is 3.52. The van der Waals surface area contributed by atoms with E-state index in [2.05, 4.69) is 40.4 Å². The van der Waals surface area contributed by atoms with E-state index in [0.717, 1.165) is 5.75 Å². The Labute approximate surface area is 188 Å². The van der Waals surface area contributed by atoms with Crippen LogP contribution in [0.4, 0.5) is 10.2 Å². The number of phenolic OH excluding ortho intramolecular Hbond substituents is 1. The van der Waals surface area contributed by atoms with E-state index >= 15 is 0 Å². The van der Waals surface area contributed by atoms with Crippen LogP contribution < -0.4 is 5.43 Å². The van der Waals surface area contributed by atoms with Gasteiger partial charge < -0.3 is 5.11 Å². The van der Waals surface area contributed by atoms with E-state index < -0.39 is 0 Å². The van der Waals surface area contributed by atoms with Crippen LogP contribution in [-0.2, 0) is 0 Å². The van der Waals surface area contributed by atoms with E-state index in [1.54, 1.807) is 24.3 Å². The molecule has 158 valence electrons. The van der Waals surface area contributed by atoms with E-state index in [1.165, 1.54) is 36.2 Å². The maximum Gasteiger partial charge on any atom is 0.190 e. The number of aromatic nitrogens is 2. The lowest BCUT2D eigenvalue weighted by atomic mass is 10.1. The highest BCUT2D eigenvalue weighted by molar-refractivity contribution is 7.99. The van der Waals surface area contributed by atoms with Crippen molar-refractivity contribution < 1.29 is 9.50 Å². The lowest BCUT2D eigenvalue weighted by Gasteiger charge is -2.11. The minimum Gasteiger partial charge on any atom is -0.507 e. The van der Waals surface area contributed by atoms with Crippen LogP contribution in [0.25, 0.3) is 11.3 Å². The molecule has 0 aliphatic heterocycles. The minimum atomic E-state index is -0.380. The molecule has 3 aromatic rings. The van der Waals surface area contributed by atoms with E-state index in [4.69, 9.17) is 11.6 Å². The molecule has 0 bridgehead atoms. The molecule has 2 aromatic carbocycles. The molecule has 0 saturated heterocycles. The summed E-state index contributed by atoms with van der Waals surface area (Å²) in [5.74, 6) is 1.04. The molecule has 0 spiro atoms. The summed E-state index contributed by atoms with van der Waals surface area (Å²) < 4.78 is 13.4. The van der Waals surface area contributed by atoms with Crippen molar-refractivity contribution >= 4 is 35.4 Å². The maximum atomic E-state index is 13.4. The van der Waals surface area contributed by atoms with Gasteiger partial charge in [-0.15, -0.1) is 0 Å². The molecule has 2 N–H and O–H groups in total. The summed E-state index contributed by atoms with van der Waals surface area (Å²) in [6.07, 6.45) is 1.38. The number of nitrogens with zero attached hydrogens (tertiary/aromatic N) is 4. The quantitative estimate of drug-likeness (QED) is 0.205. The molecule has 0 unspecified atom stereocenters. The van der Waals surface area contributed by atoms with Gasteiger partial charge in [0.15, 0.2) is 11.0 Å². The van der Waals surface area contributed by atoms with Crippen molar-refractivity contribution in [1.82, 2.24) is 9.97 Å². The summed E-state index contributed by atoms with van der Waals surface area (Å²) in [6, 6.07) is 12.4. The molecular weight excluding hydrogens is 437 g/mol. The van der Waals surface area contributed by atoms with Crippen molar-refractivity contribution in [3.05, 3.63) is 64.4 Å². The Bertz CT molecular complexity index is 1150. The first-order valence-electron chi connectivity index (χ1n) is 9.36. The zero-order chi connectivity index (χ0) is 22.4. The lowest BCUT2D eigenvalue weighted by Crippen LogP contribution is -2.04. The molecule has 0 saturated carbocycles. The zero-order valence-electron chi connectivity index (χ0n) is 16.8. The maximum absolute atomic E-state index is 13.4. The standard InChI is InChI=1S/C22H19ClFN5OS/c1-13(2)12-31-22-27-20(14-3-6-17(24)7-4-14)18(10-25)21(28-22)29-26-11-15-9-16(23)5-8-19(15)30/h3-9,11,13,30H,12H2,1-2H3,(H,27,28,29)/b26-11+. The van der Waals surface area contributed by atoms with Gasteiger partial charge in [-0.05, 0) is 48.4 Å². The van der Waals surface area contributed by atoms with Gasteiger partial charge in [-0.3, -0.25) is 5.43 Å². The molecule has 0 aliphatic carbocycles. The van der Waals surface area contributed by atoms with Crippen LogP contribution in [0.15, 0.2) is 52.7 Å². The largest absolute Gasteiger partial charge is 0.507 e. The summed E-state index contributed by atoms with van der Waals surface area (Å²) in [7, 11) is 0. The van der Waals surface area contributed by atoms with Gasteiger partial charge in [0.2, 0.25) is 0 Å². The van der Waals surface area contributed by atoms with E-state index in [0.29, 0.717) is 32.9 Å². The Hall–Kier alpha value is -3.15. The number of hydrazone groups is 1. The van der Waals surface area contributed by atoms with E-state index in [1.807, 2.05) is 0 Å². The van der Waals surface area contributed by atoms with Gasteiger partial charge in [-0.25, -0.2) is 14.4 Å². The number of aromatic hydroxyl groups is 1. The van der Waals surface area contributed by atoms with Crippen LogP contribution in [-0.4, -0.2) is 27.0 Å². The van der Waals surface area contributed by atoms with Crippen LogP contribution in [0.1, 0.15) is 25.0 Å². The molecule has 31 heavy (non-hydrogen) atoms. The van der Waals surface area contributed by atoms with Crippen LogP contribution in [0, 0.1) is 23.1 Å². The molecule has 0 fully saturated rings. The van der Waals surface area contributed by atoms with Gasteiger partial charge >= 0.3 is 0 Å². The van der Waals surface area contributed by atoms with Crippen molar-refractivity contribution in [2.24, 2.45) is 11.0 Å². The third-order valence-corrected chi connectivity index (χ3v) is 5.54.